The van der Waals surface area contributed by atoms with Crippen LogP contribution in [0.5, 0.6) is 0 Å². The summed E-state index contributed by atoms with van der Waals surface area (Å²) in [7, 11) is 0. The van der Waals surface area contributed by atoms with Crippen LogP contribution in [-0.4, -0.2) is 6.54 Å². The zero-order chi connectivity index (χ0) is 14.5. The molecular weight excluding hydrogens is 262 g/mol. The molecule has 0 fully saturated rings. The number of thiophene rings is 1. The first kappa shape index (κ1) is 15.3. The summed E-state index contributed by atoms with van der Waals surface area (Å²) in [6.45, 7) is 9.88. The molecule has 0 aliphatic heterocycles. The van der Waals surface area contributed by atoms with Crippen molar-refractivity contribution < 1.29 is 0 Å². The molecule has 0 aliphatic carbocycles. The summed E-state index contributed by atoms with van der Waals surface area (Å²) in [5.41, 5.74) is 5.56. The van der Waals surface area contributed by atoms with E-state index in [0.717, 1.165) is 19.4 Å². The number of benzene rings is 1. The van der Waals surface area contributed by atoms with Crippen molar-refractivity contribution in [3.05, 3.63) is 56.8 Å². The predicted octanol–water partition coefficient (Wildman–Crippen LogP) is 5.02. The Bertz CT molecular complexity index is 536. The van der Waals surface area contributed by atoms with Crippen molar-refractivity contribution in [3.63, 3.8) is 0 Å². The molecule has 0 bridgehead atoms. The molecule has 2 aromatic rings. The van der Waals surface area contributed by atoms with Crippen LogP contribution in [0.4, 0.5) is 0 Å². The Morgan fingerprint density at radius 2 is 1.80 bits per heavy atom. The largest absolute Gasteiger partial charge is 0.306 e. The zero-order valence-electron chi connectivity index (χ0n) is 13.0. The van der Waals surface area contributed by atoms with Crippen LogP contribution in [0.2, 0.25) is 0 Å². The maximum atomic E-state index is 3.73. The molecule has 0 aliphatic rings. The van der Waals surface area contributed by atoms with Crippen molar-refractivity contribution in [2.45, 2.75) is 46.6 Å². The van der Waals surface area contributed by atoms with Crippen LogP contribution in [0.1, 0.15) is 53.4 Å². The average molecular weight is 287 g/mol. The van der Waals surface area contributed by atoms with Crippen molar-refractivity contribution in [1.29, 1.82) is 0 Å². The van der Waals surface area contributed by atoms with Crippen LogP contribution in [0.15, 0.2) is 29.6 Å². The van der Waals surface area contributed by atoms with Crippen LogP contribution in [-0.2, 0) is 6.42 Å². The molecule has 0 spiro atoms. The van der Waals surface area contributed by atoms with Gasteiger partial charge in [-0.15, -0.1) is 11.3 Å². The SMILES string of the molecule is CCCNC(c1cc(C)cc(C)c1)c1sccc1CC. The molecule has 1 atom stereocenters. The van der Waals surface area contributed by atoms with E-state index in [2.05, 4.69) is 62.7 Å². The van der Waals surface area contributed by atoms with Gasteiger partial charge in [-0.05, 0) is 55.8 Å². The summed E-state index contributed by atoms with van der Waals surface area (Å²) >= 11 is 1.88. The van der Waals surface area contributed by atoms with Crippen LogP contribution >= 0.6 is 11.3 Å². The van der Waals surface area contributed by atoms with Gasteiger partial charge in [0.25, 0.3) is 0 Å². The lowest BCUT2D eigenvalue weighted by atomic mass is 9.97. The lowest BCUT2D eigenvalue weighted by Crippen LogP contribution is -2.23. The molecule has 20 heavy (non-hydrogen) atoms. The maximum absolute atomic E-state index is 3.73. The lowest BCUT2D eigenvalue weighted by molar-refractivity contribution is 0.602. The summed E-state index contributed by atoms with van der Waals surface area (Å²) in [4.78, 5) is 1.48. The van der Waals surface area contributed by atoms with Crippen molar-refractivity contribution in [3.8, 4) is 0 Å². The van der Waals surface area contributed by atoms with Crippen molar-refractivity contribution in [1.82, 2.24) is 5.32 Å². The number of nitrogens with one attached hydrogen (secondary N) is 1. The molecule has 1 aromatic heterocycles. The molecule has 1 N–H and O–H groups in total. The van der Waals surface area contributed by atoms with Crippen LogP contribution < -0.4 is 5.32 Å². The third-order valence-corrected chi connectivity index (χ3v) is 4.62. The lowest BCUT2D eigenvalue weighted by Gasteiger charge is -2.20. The monoisotopic (exact) mass is 287 g/mol. The van der Waals surface area contributed by atoms with E-state index in [1.54, 1.807) is 0 Å². The molecular formula is C18H25NS. The fourth-order valence-electron chi connectivity index (χ4n) is 2.72. The van der Waals surface area contributed by atoms with E-state index < -0.39 is 0 Å². The maximum Gasteiger partial charge on any atom is 0.0674 e. The Morgan fingerprint density at radius 1 is 1.10 bits per heavy atom. The smallest absolute Gasteiger partial charge is 0.0674 e. The van der Waals surface area contributed by atoms with E-state index in [4.69, 9.17) is 0 Å². The highest BCUT2D eigenvalue weighted by atomic mass is 32.1. The number of hydrogen-bond donors (Lipinski definition) is 1. The molecule has 0 amide bonds. The van der Waals surface area contributed by atoms with Crippen molar-refractivity contribution >= 4 is 11.3 Å². The first-order valence-corrected chi connectivity index (χ1v) is 8.41. The topological polar surface area (TPSA) is 12.0 Å². The first-order chi connectivity index (χ1) is 9.65. The Morgan fingerprint density at radius 3 is 2.40 bits per heavy atom. The average Bonchev–Trinajstić information content (AvgIpc) is 2.86. The second-order valence-electron chi connectivity index (χ2n) is 5.47. The molecule has 1 unspecified atom stereocenters. The van der Waals surface area contributed by atoms with E-state index in [0.29, 0.717) is 6.04 Å². The molecule has 2 rings (SSSR count). The van der Waals surface area contributed by atoms with Crippen LogP contribution in [0.25, 0.3) is 0 Å². The van der Waals surface area contributed by atoms with Gasteiger partial charge in [0, 0.05) is 4.88 Å². The van der Waals surface area contributed by atoms with Gasteiger partial charge < -0.3 is 5.32 Å². The molecule has 0 radical (unpaired) electrons. The number of aryl methyl sites for hydroxylation is 3. The minimum absolute atomic E-state index is 0.337. The van der Waals surface area contributed by atoms with Gasteiger partial charge in [0.1, 0.15) is 0 Å². The molecule has 1 nitrogen and oxygen atoms in total. The highest BCUT2D eigenvalue weighted by molar-refractivity contribution is 7.10. The summed E-state index contributed by atoms with van der Waals surface area (Å²) in [6, 6.07) is 9.49. The summed E-state index contributed by atoms with van der Waals surface area (Å²) in [6.07, 6.45) is 2.27. The van der Waals surface area contributed by atoms with Crippen LogP contribution in [0, 0.1) is 13.8 Å². The molecule has 1 aromatic carbocycles. The normalized spacial score (nSPS) is 12.6. The first-order valence-electron chi connectivity index (χ1n) is 7.53. The summed E-state index contributed by atoms with van der Waals surface area (Å²) < 4.78 is 0. The minimum atomic E-state index is 0.337. The fraction of sp³-hybridized carbons (Fsp3) is 0.444. The van der Waals surface area contributed by atoms with E-state index in [-0.39, 0.29) is 0 Å². The number of hydrogen-bond acceptors (Lipinski definition) is 2. The molecule has 1 heterocycles. The molecule has 0 saturated carbocycles. The molecule has 0 saturated heterocycles. The van der Waals surface area contributed by atoms with Gasteiger partial charge >= 0.3 is 0 Å². The van der Waals surface area contributed by atoms with Gasteiger partial charge in [-0.1, -0.05) is 43.2 Å². The van der Waals surface area contributed by atoms with Gasteiger partial charge in [-0.25, -0.2) is 0 Å². The van der Waals surface area contributed by atoms with E-state index in [1.165, 1.54) is 27.1 Å². The van der Waals surface area contributed by atoms with E-state index in [9.17, 15) is 0 Å². The standard InChI is InChI=1S/C18H25NS/c1-5-8-19-17(18-15(6-2)7-9-20-18)16-11-13(3)10-14(4)12-16/h7,9-12,17,19H,5-6,8H2,1-4H3. The Kier molecular flexibility index (Phi) is 5.38. The fourth-order valence-corrected chi connectivity index (χ4v) is 3.82. The highest BCUT2D eigenvalue weighted by Crippen LogP contribution is 2.31. The summed E-state index contributed by atoms with van der Waals surface area (Å²) in [5, 5.41) is 5.95. The van der Waals surface area contributed by atoms with Gasteiger partial charge in [0.15, 0.2) is 0 Å². The highest BCUT2D eigenvalue weighted by Gasteiger charge is 2.18. The van der Waals surface area contributed by atoms with Crippen LogP contribution in [0.3, 0.4) is 0 Å². The second kappa shape index (κ2) is 7.05. The Hall–Kier alpha value is -1.12. The minimum Gasteiger partial charge on any atom is -0.306 e. The Balaban J connectivity index is 2.41. The third kappa shape index (κ3) is 3.50. The van der Waals surface area contributed by atoms with Crippen molar-refractivity contribution in [2.24, 2.45) is 0 Å². The second-order valence-corrected chi connectivity index (χ2v) is 6.42. The van der Waals surface area contributed by atoms with Gasteiger partial charge in [-0.3, -0.25) is 0 Å². The summed E-state index contributed by atoms with van der Waals surface area (Å²) in [5.74, 6) is 0. The van der Waals surface area contributed by atoms with Gasteiger partial charge in [-0.2, -0.15) is 0 Å². The Labute approximate surface area is 127 Å². The van der Waals surface area contributed by atoms with Gasteiger partial charge in [0.2, 0.25) is 0 Å². The molecule has 2 heteroatoms. The van der Waals surface area contributed by atoms with E-state index in [1.807, 2.05) is 11.3 Å². The number of rotatable bonds is 6. The van der Waals surface area contributed by atoms with Gasteiger partial charge in [0.05, 0.1) is 6.04 Å². The quantitative estimate of drug-likeness (QED) is 0.787. The predicted molar refractivity (Wildman–Crippen MR) is 89.7 cm³/mol. The van der Waals surface area contributed by atoms with E-state index >= 15 is 0 Å². The zero-order valence-corrected chi connectivity index (χ0v) is 13.8. The third-order valence-electron chi connectivity index (χ3n) is 3.60. The van der Waals surface area contributed by atoms with Crippen molar-refractivity contribution in [2.75, 3.05) is 6.54 Å². The molecule has 108 valence electrons.